The molecule has 2 N–H and O–H groups in total. The maximum Gasteiger partial charge on any atom is 0.273 e. The van der Waals surface area contributed by atoms with Crippen molar-refractivity contribution in [3.05, 3.63) is 76.2 Å². The number of aromatic nitrogens is 3. The van der Waals surface area contributed by atoms with Gasteiger partial charge in [0.25, 0.3) is 5.56 Å². The summed E-state index contributed by atoms with van der Waals surface area (Å²) < 4.78 is 5.55. The number of nitrogens with one attached hydrogen (secondary N) is 2. The fourth-order valence-electron chi connectivity index (χ4n) is 2.95. The van der Waals surface area contributed by atoms with Crippen molar-refractivity contribution in [2.45, 2.75) is 39.2 Å². The van der Waals surface area contributed by atoms with Gasteiger partial charge < -0.3 is 15.0 Å². The van der Waals surface area contributed by atoms with Crippen molar-refractivity contribution < 1.29 is 9.53 Å². The zero-order chi connectivity index (χ0) is 21.3. The van der Waals surface area contributed by atoms with E-state index in [1.54, 1.807) is 0 Å². The summed E-state index contributed by atoms with van der Waals surface area (Å²) in [6.45, 7) is 4.62. The number of H-pyrrole nitrogens is 1. The van der Waals surface area contributed by atoms with Gasteiger partial charge in [-0.2, -0.15) is 0 Å². The molecule has 0 spiro atoms. The van der Waals surface area contributed by atoms with Gasteiger partial charge in [0.05, 0.1) is 12.6 Å². The van der Waals surface area contributed by atoms with Crippen LogP contribution in [0.5, 0.6) is 5.75 Å². The molecule has 1 aromatic heterocycles. The maximum atomic E-state index is 12.4. The third-order valence-corrected chi connectivity index (χ3v) is 4.63. The van der Waals surface area contributed by atoms with E-state index in [4.69, 9.17) is 4.74 Å². The number of hydrogen-bond acceptors (Lipinski definition) is 5. The first-order chi connectivity index (χ1) is 14.6. The number of amides is 1. The Morgan fingerprint density at radius 2 is 1.83 bits per heavy atom. The fourth-order valence-corrected chi connectivity index (χ4v) is 2.95. The zero-order valence-corrected chi connectivity index (χ0v) is 17.2. The summed E-state index contributed by atoms with van der Waals surface area (Å²) >= 11 is 0. The van der Waals surface area contributed by atoms with Crippen LogP contribution in [0.1, 0.15) is 44.0 Å². The number of carbonyl (C=O) groups excluding carboxylic acids is 1. The van der Waals surface area contributed by atoms with Crippen molar-refractivity contribution in [1.82, 2.24) is 20.5 Å². The molecule has 1 heterocycles. The molecule has 0 aliphatic carbocycles. The van der Waals surface area contributed by atoms with Crippen LogP contribution in [0, 0.1) is 0 Å². The maximum absolute atomic E-state index is 12.4. The van der Waals surface area contributed by atoms with E-state index in [1.165, 1.54) is 0 Å². The van der Waals surface area contributed by atoms with E-state index in [0.717, 1.165) is 23.3 Å². The minimum absolute atomic E-state index is 0.102. The minimum Gasteiger partial charge on any atom is -0.494 e. The molecule has 0 aliphatic rings. The van der Waals surface area contributed by atoms with Gasteiger partial charge in [0.2, 0.25) is 5.91 Å². The minimum atomic E-state index is -0.338. The molecule has 3 aromatic rings. The number of aryl methyl sites for hydroxylation is 1. The second-order valence-electron chi connectivity index (χ2n) is 7.02. The highest BCUT2D eigenvalue weighted by Crippen LogP contribution is 2.18. The molecular formula is C23H26N4O3. The van der Waals surface area contributed by atoms with Gasteiger partial charge in [-0.15, -0.1) is 10.2 Å². The molecule has 30 heavy (non-hydrogen) atoms. The van der Waals surface area contributed by atoms with E-state index in [0.29, 0.717) is 12.4 Å². The SMILES string of the molecule is CCCOc1ccc(-c2nnc(CCC(=O)N[C@@H](C)c3ccccc3)c(=O)[nH]2)cc1. The highest BCUT2D eigenvalue weighted by atomic mass is 16.5. The lowest BCUT2D eigenvalue weighted by Gasteiger charge is -2.14. The van der Waals surface area contributed by atoms with Crippen molar-refractivity contribution in [2.24, 2.45) is 0 Å². The molecule has 2 aromatic carbocycles. The largest absolute Gasteiger partial charge is 0.494 e. The number of hydrogen-bond donors (Lipinski definition) is 2. The molecule has 0 radical (unpaired) electrons. The van der Waals surface area contributed by atoms with E-state index in [9.17, 15) is 9.59 Å². The van der Waals surface area contributed by atoms with Crippen molar-refractivity contribution in [3.8, 4) is 17.1 Å². The summed E-state index contributed by atoms with van der Waals surface area (Å²) in [5, 5.41) is 11.1. The van der Waals surface area contributed by atoms with Crippen molar-refractivity contribution in [1.29, 1.82) is 0 Å². The van der Waals surface area contributed by atoms with Crippen LogP contribution >= 0.6 is 0 Å². The summed E-state index contributed by atoms with van der Waals surface area (Å²) in [4.78, 5) is 27.3. The number of rotatable bonds is 9. The third-order valence-electron chi connectivity index (χ3n) is 4.63. The van der Waals surface area contributed by atoms with E-state index < -0.39 is 0 Å². The van der Waals surface area contributed by atoms with Crippen LogP contribution < -0.4 is 15.6 Å². The molecule has 0 bridgehead atoms. The predicted octanol–water partition coefficient (Wildman–Crippen LogP) is 3.43. The summed E-state index contributed by atoms with van der Waals surface area (Å²) in [5.74, 6) is 1.01. The van der Waals surface area contributed by atoms with Crippen LogP contribution in [-0.2, 0) is 11.2 Å². The second-order valence-corrected chi connectivity index (χ2v) is 7.02. The Hall–Kier alpha value is -3.48. The summed E-state index contributed by atoms with van der Waals surface area (Å²) in [5.41, 5.74) is 1.67. The van der Waals surface area contributed by atoms with Crippen LogP contribution in [-0.4, -0.2) is 27.7 Å². The summed E-state index contributed by atoms with van der Waals surface area (Å²) in [6.07, 6.45) is 1.32. The van der Waals surface area contributed by atoms with Gasteiger partial charge in [0, 0.05) is 18.4 Å². The molecular weight excluding hydrogens is 380 g/mol. The fraction of sp³-hybridized carbons (Fsp3) is 0.304. The van der Waals surface area contributed by atoms with Crippen LogP contribution in [0.3, 0.4) is 0 Å². The molecule has 0 saturated heterocycles. The number of aromatic amines is 1. The Morgan fingerprint density at radius 3 is 2.50 bits per heavy atom. The smallest absolute Gasteiger partial charge is 0.273 e. The summed E-state index contributed by atoms with van der Waals surface area (Å²) in [6, 6.07) is 16.9. The first kappa shape index (κ1) is 21.2. The number of nitrogens with zero attached hydrogens (tertiary/aromatic N) is 2. The Balaban J connectivity index is 1.57. The van der Waals surface area contributed by atoms with Gasteiger partial charge >= 0.3 is 0 Å². The lowest BCUT2D eigenvalue weighted by molar-refractivity contribution is -0.121. The molecule has 1 amide bonds. The highest BCUT2D eigenvalue weighted by Gasteiger charge is 2.12. The molecule has 0 saturated carbocycles. The van der Waals surface area contributed by atoms with E-state index in [1.807, 2.05) is 68.4 Å². The molecule has 1 atom stereocenters. The van der Waals surface area contributed by atoms with Crippen LogP contribution in [0.15, 0.2) is 59.4 Å². The monoisotopic (exact) mass is 406 g/mol. The predicted molar refractivity (Wildman–Crippen MR) is 115 cm³/mol. The van der Waals surface area contributed by atoms with Crippen LogP contribution in [0.25, 0.3) is 11.4 Å². The molecule has 3 rings (SSSR count). The first-order valence-corrected chi connectivity index (χ1v) is 10.1. The lowest BCUT2D eigenvalue weighted by Crippen LogP contribution is -2.28. The van der Waals surface area contributed by atoms with E-state index in [2.05, 4.69) is 20.5 Å². The second kappa shape index (κ2) is 10.3. The average Bonchev–Trinajstić information content (AvgIpc) is 2.77. The Labute approximate surface area is 175 Å². The number of ether oxygens (including phenoxy) is 1. The van der Waals surface area contributed by atoms with Gasteiger partial charge in [-0.25, -0.2) is 0 Å². The van der Waals surface area contributed by atoms with Gasteiger partial charge in [-0.1, -0.05) is 37.3 Å². The standard InChI is InChI=1S/C23H26N4O3/c1-3-15-30-19-11-9-18(10-12-19)22-25-23(29)20(26-27-22)13-14-21(28)24-16(2)17-7-5-4-6-8-17/h4-12,16H,3,13-15H2,1-2H3,(H,24,28)(H,25,27,29)/t16-/m0/s1. The van der Waals surface area contributed by atoms with Gasteiger partial charge in [0.1, 0.15) is 11.4 Å². The molecule has 0 unspecified atom stereocenters. The Kier molecular flexibility index (Phi) is 7.32. The van der Waals surface area contributed by atoms with Crippen molar-refractivity contribution >= 4 is 5.91 Å². The molecule has 7 heteroatoms. The first-order valence-electron chi connectivity index (χ1n) is 10.1. The third kappa shape index (κ3) is 5.76. The summed E-state index contributed by atoms with van der Waals surface area (Å²) in [7, 11) is 0. The highest BCUT2D eigenvalue weighted by molar-refractivity contribution is 5.76. The molecule has 7 nitrogen and oxygen atoms in total. The Bertz CT molecular complexity index is 1020. The molecule has 0 fully saturated rings. The van der Waals surface area contributed by atoms with E-state index >= 15 is 0 Å². The van der Waals surface area contributed by atoms with Crippen LogP contribution in [0.2, 0.25) is 0 Å². The van der Waals surface area contributed by atoms with Gasteiger partial charge in [-0.3, -0.25) is 9.59 Å². The normalized spacial score (nSPS) is 11.7. The van der Waals surface area contributed by atoms with Gasteiger partial charge in [-0.05, 0) is 43.2 Å². The topological polar surface area (TPSA) is 97.0 Å². The zero-order valence-electron chi connectivity index (χ0n) is 17.2. The average molecular weight is 406 g/mol. The lowest BCUT2D eigenvalue weighted by atomic mass is 10.1. The van der Waals surface area contributed by atoms with Crippen molar-refractivity contribution in [3.63, 3.8) is 0 Å². The Morgan fingerprint density at radius 1 is 1.10 bits per heavy atom. The van der Waals surface area contributed by atoms with E-state index in [-0.39, 0.29) is 36.0 Å². The molecule has 0 aliphatic heterocycles. The van der Waals surface area contributed by atoms with Gasteiger partial charge in [0.15, 0.2) is 5.82 Å². The van der Waals surface area contributed by atoms with Crippen LogP contribution in [0.4, 0.5) is 0 Å². The van der Waals surface area contributed by atoms with Crippen molar-refractivity contribution in [2.75, 3.05) is 6.61 Å². The number of benzene rings is 2. The number of carbonyl (C=O) groups is 1. The quantitative estimate of drug-likeness (QED) is 0.567. The molecule has 156 valence electrons.